The van der Waals surface area contributed by atoms with Gasteiger partial charge >= 0.3 is 0 Å². The lowest BCUT2D eigenvalue weighted by Gasteiger charge is -2.39. The Morgan fingerprint density at radius 2 is 1.52 bits per heavy atom. The van der Waals surface area contributed by atoms with Crippen LogP contribution in [0.3, 0.4) is 0 Å². The van der Waals surface area contributed by atoms with E-state index in [9.17, 15) is 9.59 Å². The normalized spacial score (nSPS) is 14.4. The van der Waals surface area contributed by atoms with E-state index in [-0.39, 0.29) is 30.7 Å². The Bertz CT molecular complexity index is 1010. The van der Waals surface area contributed by atoms with Gasteiger partial charge in [0.1, 0.15) is 5.01 Å². The maximum absolute atomic E-state index is 12.7. The standard InChI is InChI=1S/C25H29N5O2S/c1-2-22-27-28-25(33-22)26-21(31)13-14-23(32)29-15-17-30(18-16-29)24(19-9-5-3-6-10-19)20-11-7-4-8-12-20/h3-12,24H,2,13-18H2,1H3,(H,26,28,31). The minimum atomic E-state index is -0.200. The van der Waals surface area contributed by atoms with Crippen molar-refractivity contribution in [3.05, 3.63) is 76.8 Å². The third kappa shape index (κ3) is 6.03. The monoisotopic (exact) mass is 463 g/mol. The quantitative estimate of drug-likeness (QED) is 0.550. The first-order valence-electron chi connectivity index (χ1n) is 11.4. The van der Waals surface area contributed by atoms with Crippen LogP contribution < -0.4 is 5.32 Å². The Labute approximate surface area is 198 Å². The second-order valence-electron chi connectivity index (χ2n) is 8.04. The number of carbonyl (C=O) groups excluding carboxylic acids is 2. The molecule has 2 heterocycles. The highest BCUT2D eigenvalue weighted by Crippen LogP contribution is 2.29. The maximum atomic E-state index is 12.7. The summed E-state index contributed by atoms with van der Waals surface area (Å²) in [5.41, 5.74) is 2.51. The smallest absolute Gasteiger partial charge is 0.226 e. The van der Waals surface area contributed by atoms with Crippen molar-refractivity contribution in [3.8, 4) is 0 Å². The van der Waals surface area contributed by atoms with E-state index in [4.69, 9.17) is 0 Å². The first-order chi connectivity index (χ1) is 16.1. The lowest BCUT2D eigenvalue weighted by atomic mass is 9.96. The molecule has 1 saturated heterocycles. The van der Waals surface area contributed by atoms with Gasteiger partial charge in [-0.15, -0.1) is 10.2 Å². The zero-order valence-electron chi connectivity index (χ0n) is 18.8. The molecule has 0 aliphatic carbocycles. The van der Waals surface area contributed by atoms with Crippen LogP contribution in [0.1, 0.15) is 41.9 Å². The first-order valence-corrected chi connectivity index (χ1v) is 12.2. The van der Waals surface area contributed by atoms with Gasteiger partial charge in [-0.2, -0.15) is 0 Å². The molecule has 1 aliphatic heterocycles. The van der Waals surface area contributed by atoms with E-state index in [0.29, 0.717) is 18.2 Å². The van der Waals surface area contributed by atoms with Gasteiger partial charge in [0.2, 0.25) is 16.9 Å². The van der Waals surface area contributed by atoms with Gasteiger partial charge < -0.3 is 10.2 Å². The number of rotatable bonds is 8. The Kier molecular flexibility index (Phi) is 7.80. The fourth-order valence-electron chi connectivity index (χ4n) is 4.12. The van der Waals surface area contributed by atoms with Crippen molar-refractivity contribution in [1.29, 1.82) is 0 Å². The SMILES string of the molecule is CCc1nnc(NC(=O)CCC(=O)N2CCN(C(c3ccccc3)c3ccccc3)CC2)s1. The van der Waals surface area contributed by atoms with Gasteiger partial charge in [0.25, 0.3) is 0 Å². The van der Waals surface area contributed by atoms with Crippen LogP contribution in [0.25, 0.3) is 0 Å². The van der Waals surface area contributed by atoms with Crippen LogP contribution in [-0.4, -0.2) is 58.0 Å². The highest BCUT2D eigenvalue weighted by Gasteiger charge is 2.28. The molecule has 0 radical (unpaired) electrons. The Hall–Kier alpha value is -3.10. The van der Waals surface area contributed by atoms with Crippen LogP contribution in [0.15, 0.2) is 60.7 Å². The summed E-state index contributed by atoms with van der Waals surface area (Å²) in [6.07, 6.45) is 1.14. The van der Waals surface area contributed by atoms with Gasteiger partial charge in [-0.25, -0.2) is 0 Å². The molecule has 1 N–H and O–H groups in total. The molecule has 7 nitrogen and oxygen atoms in total. The Balaban J connectivity index is 1.30. The number of hydrogen-bond donors (Lipinski definition) is 1. The number of anilines is 1. The van der Waals surface area contributed by atoms with E-state index in [1.165, 1.54) is 22.5 Å². The summed E-state index contributed by atoms with van der Waals surface area (Å²) in [4.78, 5) is 29.2. The molecular formula is C25H29N5O2S. The topological polar surface area (TPSA) is 78.4 Å². The van der Waals surface area contributed by atoms with Crippen LogP contribution in [0.2, 0.25) is 0 Å². The van der Waals surface area contributed by atoms with Gasteiger partial charge in [0, 0.05) is 39.0 Å². The highest BCUT2D eigenvalue weighted by molar-refractivity contribution is 7.15. The molecule has 0 atom stereocenters. The van der Waals surface area contributed by atoms with Crippen LogP contribution in [0, 0.1) is 0 Å². The van der Waals surface area contributed by atoms with E-state index in [0.717, 1.165) is 24.5 Å². The first kappa shape index (κ1) is 23.1. The largest absolute Gasteiger partial charge is 0.340 e. The number of aryl methyl sites for hydroxylation is 1. The summed E-state index contributed by atoms with van der Waals surface area (Å²) >= 11 is 1.37. The molecule has 0 bridgehead atoms. The summed E-state index contributed by atoms with van der Waals surface area (Å²) in [6.45, 7) is 4.89. The molecule has 2 amide bonds. The van der Waals surface area contributed by atoms with Gasteiger partial charge in [0.15, 0.2) is 0 Å². The minimum Gasteiger partial charge on any atom is -0.340 e. The molecule has 3 aromatic rings. The second kappa shape index (κ2) is 11.2. The third-order valence-corrected chi connectivity index (χ3v) is 6.83. The van der Waals surface area contributed by atoms with Crippen LogP contribution in [-0.2, 0) is 16.0 Å². The molecule has 172 valence electrons. The number of nitrogens with zero attached hydrogens (tertiary/aromatic N) is 4. The lowest BCUT2D eigenvalue weighted by molar-refractivity contribution is -0.134. The lowest BCUT2D eigenvalue weighted by Crippen LogP contribution is -2.49. The van der Waals surface area contributed by atoms with Crippen molar-refractivity contribution in [1.82, 2.24) is 20.0 Å². The molecule has 2 aromatic carbocycles. The minimum absolute atomic E-state index is 0.0206. The molecule has 33 heavy (non-hydrogen) atoms. The third-order valence-electron chi connectivity index (χ3n) is 5.84. The number of aromatic nitrogens is 2. The summed E-state index contributed by atoms with van der Waals surface area (Å²) < 4.78 is 0. The van der Waals surface area contributed by atoms with Crippen molar-refractivity contribution < 1.29 is 9.59 Å². The van der Waals surface area contributed by atoms with E-state index in [1.807, 2.05) is 24.0 Å². The molecule has 0 spiro atoms. The number of amides is 2. The van der Waals surface area contributed by atoms with Crippen molar-refractivity contribution in [3.63, 3.8) is 0 Å². The average Bonchev–Trinajstić information content (AvgIpc) is 3.32. The van der Waals surface area contributed by atoms with E-state index in [2.05, 4.69) is 68.9 Å². The van der Waals surface area contributed by atoms with Crippen molar-refractivity contribution in [2.45, 2.75) is 32.2 Å². The molecule has 1 fully saturated rings. The van der Waals surface area contributed by atoms with E-state index >= 15 is 0 Å². The summed E-state index contributed by atoms with van der Waals surface area (Å²) in [5, 5.41) is 12.1. The molecule has 1 aliphatic rings. The van der Waals surface area contributed by atoms with Crippen molar-refractivity contribution >= 4 is 28.3 Å². The van der Waals surface area contributed by atoms with Gasteiger partial charge in [-0.1, -0.05) is 78.9 Å². The summed E-state index contributed by atoms with van der Waals surface area (Å²) in [6, 6.07) is 21.2. The number of nitrogens with one attached hydrogen (secondary N) is 1. The fraction of sp³-hybridized carbons (Fsp3) is 0.360. The predicted octanol–water partition coefficient (Wildman–Crippen LogP) is 3.75. The van der Waals surface area contributed by atoms with E-state index in [1.54, 1.807) is 0 Å². The number of hydrogen-bond acceptors (Lipinski definition) is 6. The number of benzene rings is 2. The zero-order chi connectivity index (χ0) is 23.0. The molecule has 4 rings (SSSR count). The Morgan fingerprint density at radius 1 is 0.909 bits per heavy atom. The van der Waals surface area contributed by atoms with Crippen molar-refractivity contribution in [2.75, 3.05) is 31.5 Å². The second-order valence-corrected chi connectivity index (χ2v) is 9.11. The van der Waals surface area contributed by atoms with E-state index < -0.39 is 0 Å². The number of piperazine rings is 1. The fourth-order valence-corrected chi connectivity index (χ4v) is 4.82. The Morgan fingerprint density at radius 3 is 2.06 bits per heavy atom. The molecule has 1 aromatic heterocycles. The van der Waals surface area contributed by atoms with Gasteiger partial charge in [0.05, 0.1) is 6.04 Å². The van der Waals surface area contributed by atoms with Crippen molar-refractivity contribution in [2.24, 2.45) is 0 Å². The zero-order valence-corrected chi connectivity index (χ0v) is 19.6. The van der Waals surface area contributed by atoms with Crippen LogP contribution >= 0.6 is 11.3 Å². The molecule has 0 saturated carbocycles. The summed E-state index contributed by atoms with van der Waals surface area (Å²) in [5.74, 6) is -0.179. The maximum Gasteiger partial charge on any atom is 0.226 e. The van der Waals surface area contributed by atoms with Gasteiger partial charge in [-0.3, -0.25) is 14.5 Å². The molecule has 0 unspecified atom stereocenters. The van der Waals surface area contributed by atoms with Crippen LogP contribution in [0.4, 0.5) is 5.13 Å². The average molecular weight is 464 g/mol. The molecular weight excluding hydrogens is 434 g/mol. The summed E-state index contributed by atoms with van der Waals surface area (Å²) in [7, 11) is 0. The number of carbonyl (C=O) groups is 2. The van der Waals surface area contributed by atoms with Crippen LogP contribution in [0.5, 0.6) is 0 Å². The predicted molar refractivity (Wildman–Crippen MR) is 130 cm³/mol. The van der Waals surface area contributed by atoms with Gasteiger partial charge in [-0.05, 0) is 17.5 Å². The highest BCUT2D eigenvalue weighted by atomic mass is 32.1. The molecule has 8 heteroatoms.